The average Bonchev–Trinajstić information content (AvgIpc) is 1.81. The van der Waals surface area contributed by atoms with Gasteiger partial charge >= 0.3 is 0 Å². The molecule has 0 saturated carbocycles. The van der Waals surface area contributed by atoms with Crippen molar-refractivity contribution in [3.8, 4) is 0 Å². The van der Waals surface area contributed by atoms with Crippen LogP contribution in [-0.2, 0) is 4.74 Å². The van der Waals surface area contributed by atoms with Gasteiger partial charge in [-0.2, -0.15) is 0 Å². The van der Waals surface area contributed by atoms with E-state index >= 15 is 0 Å². The van der Waals surface area contributed by atoms with Gasteiger partial charge in [-0.3, -0.25) is 0 Å². The first kappa shape index (κ1) is 8.69. The quantitative estimate of drug-likeness (QED) is 0.398. The van der Waals surface area contributed by atoms with Crippen molar-refractivity contribution in [2.24, 2.45) is 0 Å². The van der Waals surface area contributed by atoms with Gasteiger partial charge in [0.15, 0.2) is 0 Å². The number of alkyl halides is 1. The molecule has 1 nitrogen and oxygen atoms in total. The van der Waals surface area contributed by atoms with Crippen molar-refractivity contribution >= 4 is 22.6 Å². The van der Waals surface area contributed by atoms with Gasteiger partial charge in [0.1, 0.15) is 0 Å². The normalized spacial score (nSPS) is 9.75. The van der Waals surface area contributed by atoms with Gasteiger partial charge in [-0.05, 0) is 24.2 Å². The van der Waals surface area contributed by atoms with Gasteiger partial charge in [0.2, 0.25) is 0 Å². The summed E-state index contributed by atoms with van der Waals surface area (Å²) in [6.07, 6.45) is 2.51. The minimum atomic E-state index is 0.862. The molecule has 0 heterocycles. The molecule has 0 unspecified atom stereocenters. The molecule has 0 aliphatic rings. The topological polar surface area (TPSA) is 9.23 Å². The average molecular weight is 228 g/mol. The van der Waals surface area contributed by atoms with E-state index in [0.717, 1.165) is 13.2 Å². The van der Waals surface area contributed by atoms with Crippen molar-refractivity contribution in [2.45, 2.75) is 19.8 Å². The molecule has 0 bridgehead atoms. The Kier molecular flexibility index (Phi) is 8.35. The number of hydrogen-bond donors (Lipinski definition) is 0. The second-order valence-corrected chi connectivity index (χ2v) is 2.67. The molecule has 0 atom stereocenters. The summed E-state index contributed by atoms with van der Waals surface area (Å²) in [6.45, 7) is 3.84. The fraction of sp³-hybridized carbons (Fsp3) is 1.00. The predicted octanol–water partition coefficient (Wildman–Crippen LogP) is 2.24. The summed E-state index contributed by atoms with van der Waals surface area (Å²) in [7, 11) is 0. The molecule has 0 aromatic heterocycles. The molecule has 0 saturated heterocycles. The molecule has 0 radical (unpaired) electrons. The maximum Gasteiger partial charge on any atom is 0.0466 e. The highest BCUT2D eigenvalue weighted by molar-refractivity contribution is 14.1. The highest BCUT2D eigenvalue weighted by atomic mass is 127. The Labute approximate surface area is 64.9 Å². The van der Waals surface area contributed by atoms with Gasteiger partial charge in [-0.1, -0.05) is 22.6 Å². The van der Waals surface area contributed by atoms with Crippen LogP contribution < -0.4 is 0 Å². The highest BCUT2D eigenvalue weighted by Gasteiger charge is 1.83. The molecule has 0 aromatic carbocycles. The molecule has 2 heteroatoms. The second-order valence-electron chi connectivity index (χ2n) is 1.59. The number of rotatable bonds is 5. The maximum atomic E-state index is 5.13. The Bertz CT molecular complexity index is 33.5. The minimum absolute atomic E-state index is 0.862. The molecule has 0 rings (SSSR count). The molecule has 0 aliphatic carbocycles. The zero-order valence-electron chi connectivity index (χ0n) is 5.32. The van der Waals surface area contributed by atoms with E-state index in [1.165, 1.54) is 17.3 Å². The van der Waals surface area contributed by atoms with Crippen LogP contribution in [0.25, 0.3) is 0 Å². The van der Waals surface area contributed by atoms with E-state index in [1.807, 2.05) is 6.92 Å². The molecule has 8 heavy (non-hydrogen) atoms. The number of hydrogen-bond acceptors (Lipinski definition) is 1. The Morgan fingerprint density at radius 3 is 2.62 bits per heavy atom. The SMILES string of the molecule is CCOCCCCI. The lowest BCUT2D eigenvalue weighted by Gasteiger charge is -1.96. The largest absolute Gasteiger partial charge is 0.382 e. The summed E-state index contributed by atoms with van der Waals surface area (Å²) >= 11 is 2.38. The van der Waals surface area contributed by atoms with Crippen molar-refractivity contribution in [3.05, 3.63) is 0 Å². The van der Waals surface area contributed by atoms with E-state index in [4.69, 9.17) is 4.74 Å². The van der Waals surface area contributed by atoms with Crippen molar-refractivity contribution in [3.63, 3.8) is 0 Å². The standard InChI is InChI=1S/C6H13IO/c1-2-8-6-4-3-5-7/h2-6H2,1H3. The molecular weight excluding hydrogens is 215 g/mol. The van der Waals surface area contributed by atoms with Crippen LogP contribution in [0.5, 0.6) is 0 Å². The molecule has 0 aliphatic heterocycles. The summed E-state index contributed by atoms with van der Waals surface area (Å²) in [5.74, 6) is 0. The Balaban J connectivity index is 2.53. The molecule has 50 valence electrons. The van der Waals surface area contributed by atoms with Gasteiger partial charge in [0, 0.05) is 13.2 Å². The third kappa shape index (κ3) is 6.69. The summed E-state index contributed by atoms with van der Waals surface area (Å²) in [6, 6.07) is 0. The lowest BCUT2D eigenvalue weighted by Crippen LogP contribution is -1.92. The van der Waals surface area contributed by atoms with Gasteiger partial charge in [0.05, 0.1) is 0 Å². The zero-order chi connectivity index (χ0) is 6.24. The molecule has 0 fully saturated rings. The van der Waals surface area contributed by atoms with E-state index < -0.39 is 0 Å². The van der Waals surface area contributed by atoms with Crippen molar-refractivity contribution < 1.29 is 4.74 Å². The summed E-state index contributed by atoms with van der Waals surface area (Å²) in [4.78, 5) is 0. The lowest BCUT2D eigenvalue weighted by atomic mass is 10.4. The highest BCUT2D eigenvalue weighted by Crippen LogP contribution is 1.93. The van der Waals surface area contributed by atoms with Gasteiger partial charge < -0.3 is 4.74 Å². The first-order valence-corrected chi connectivity index (χ1v) is 4.58. The van der Waals surface area contributed by atoms with E-state index in [1.54, 1.807) is 0 Å². The van der Waals surface area contributed by atoms with Crippen LogP contribution in [0, 0.1) is 0 Å². The van der Waals surface area contributed by atoms with Gasteiger partial charge in [0.25, 0.3) is 0 Å². The van der Waals surface area contributed by atoms with Crippen LogP contribution in [0.3, 0.4) is 0 Å². The molecule has 0 amide bonds. The number of halogens is 1. The van der Waals surface area contributed by atoms with Crippen LogP contribution >= 0.6 is 22.6 Å². The number of unbranched alkanes of at least 4 members (excludes halogenated alkanes) is 1. The molecule has 0 spiro atoms. The van der Waals surface area contributed by atoms with E-state index in [2.05, 4.69) is 22.6 Å². The summed E-state index contributed by atoms with van der Waals surface area (Å²) in [5.41, 5.74) is 0. The van der Waals surface area contributed by atoms with Crippen LogP contribution in [0.15, 0.2) is 0 Å². The lowest BCUT2D eigenvalue weighted by molar-refractivity contribution is 0.145. The van der Waals surface area contributed by atoms with Crippen LogP contribution in [-0.4, -0.2) is 17.6 Å². The van der Waals surface area contributed by atoms with E-state index in [0.29, 0.717) is 0 Å². The fourth-order valence-electron chi connectivity index (χ4n) is 0.443. The zero-order valence-corrected chi connectivity index (χ0v) is 7.48. The van der Waals surface area contributed by atoms with Crippen LogP contribution in [0.1, 0.15) is 19.8 Å². The summed E-state index contributed by atoms with van der Waals surface area (Å²) < 4.78 is 6.39. The number of ether oxygens (including phenoxy) is 1. The van der Waals surface area contributed by atoms with Crippen LogP contribution in [0.2, 0.25) is 0 Å². The third-order valence-corrected chi connectivity index (χ3v) is 1.64. The smallest absolute Gasteiger partial charge is 0.0466 e. The van der Waals surface area contributed by atoms with Gasteiger partial charge in [-0.15, -0.1) is 0 Å². The second kappa shape index (κ2) is 7.69. The Morgan fingerprint density at radius 2 is 2.12 bits per heavy atom. The minimum Gasteiger partial charge on any atom is -0.382 e. The van der Waals surface area contributed by atoms with Gasteiger partial charge in [-0.25, -0.2) is 0 Å². The first-order chi connectivity index (χ1) is 3.91. The Morgan fingerprint density at radius 1 is 1.38 bits per heavy atom. The monoisotopic (exact) mass is 228 g/mol. The molecule has 0 N–H and O–H groups in total. The molecular formula is C6H13IO. The van der Waals surface area contributed by atoms with Crippen molar-refractivity contribution in [2.75, 3.05) is 17.6 Å². The fourth-order valence-corrected chi connectivity index (χ4v) is 0.982. The van der Waals surface area contributed by atoms with E-state index in [-0.39, 0.29) is 0 Å². The van der Waals surface area contributed by atoms with Crippen LogP contribution in [0.4, 0.5) is 0 Å². The van der Waals surface area contributed by atoms with E-state index in [9.17, 15) is 0 Å². The third-order valence-electron chi connectivity index (χ3n) is 0.876. The Hall–Kier alpha value is 0.690. The summed E-state index contributed by atoms with van der Waals surface area (Å²) in [5, 5.41) is 0. The maximum absolute atomic E-state index is 5.13. The molecule has 0 aromatic rings. The first-order valence-electron chi connectivity index (χ1n) is 3.05. The van der Waals surface area contributed by atoms with Crippen molar-refractivity contribution in [1.82, 2.24) is 0 Å². The van der Waals surface area contributed by atoms with Crippen molar-refractivity contribution in [1.29, 1.82) is 0 Å². The predicted molar refractivity (Wildman–Crippen MR) is 44.6 cm³/mol.